The minimum atomic E-state index is 0.125. The number of alkyl halides is 1. The molecule has 20 heavy (non-hydrogen) atoms. The molecule has 0 bridgehead atoms. The van der Waals surface area contributed by atoms with Crippen LogP contribution in [0.5, 0.6) is 5.75 Å². The summed E-state index contributed by atoms with van der Waals surface area (Å²) in [5.74, 6) is 0.953. The van der Waals surface area contributed by atoms with Crippen molar-refractivity contribution in [1.29, 1.82) is 0 Å². The van der Waals surface area contributed by atoms with Gasteiger partial charge in [0.05, 0.1) is 17.0 Å². The second kappa shape index (κ2) is 6.67. The highest BCUT2D eigenvalue weighted by Crippen LogP contribution is 2.36. The number of aryl methyl sites for hydroxylation is 2. The summed E-state index contributed by atoms with van der Waals surface area (Å²) >= 11 is 12.2. The van der Waals surface area contributed by atoms with Gasteiger partial charge in [0.2, 0.25) is 0 Å². The maximum atomic E-state index is 6.21. The van der Waals surface area contributed by atoms with E-state index in [1.54, 1.807) is 7.11 Å². The third-order valence-electron chi connectivity index (χ3n) is 3.22. The summed E-state index contributed by atoms with van der Waals surface area (Å²) in [6.45, 7) is 4.13. The van der Waals surface area contributed by atoms with E-state index in [1.807, 2.05) is 12.1 Å². The van der Waals surface area contributed by atoms with Crippen LogP contribution in [0.2, 0.25) is 5.02 Å². The predicted octanol–water partition coefficient (Wildman–Crippen LogP) is 6.05. The zero-order valence-corrected chi connectivity index (χ0v) is 16.0. The summed E-state index contributed by atoms with van der Waals surface area (Å²) in [5, 5.41) is 0.787. The summed E-state index contributed by atoms with van der Waals surface area (Å²) in [6.07, 6.45) is 0. The monoisotopic (exact) mass is 464 g/mol. The number of ether oxygens (including phenoxy) is 1. The van der Waals surface area contributed by atoms with Crippen LogP contribution in [-0.2, 0) is 0 Å². The van der Waals surface area contributed by atoms with Gasteiger partial charge >= 0.3 is 0 Å². The van der Waals surface area contributed by atoms with E-state index in [1.165, 1.54) is 5.56 Å². The number of hydrogen-bond acceptors (Lipinski definition) is 1. The van der Waals surface area contributed by atoms with Crippen LogP contribution in [0.15, 0.2) is 30.3 Å². The number of methoxy groups -OCH3 is 1. The lowest BCUT2D eigenvalue weighted by Crippen LogP contribution is -1.98. The molecule has 0 aromatic heterocycles. The highest BCUT2D eigenvalue weighted by atomic mass is 127. The van der Waals surface area contributed by atoms with Crippen molar-refractivity contribution in [1.82, 2.24) is 0 Å². The molecule has 0 spiro atoms. The molecule has 0 saturated heterocycles. The molecule has 0 amide bonds. The number of hydrogen-bond donors (Lipinski definition) is 0. The summed E-state index contributed by atoms with van der Waals surface area (Å²) < 4.78 is 6.48. The van der Waals surface area contributed by atoms with Gasteiger partial charge in [0.25, 0.3) is 0 Å². The van der Waals surface area contributed by atoms with Crippen LogP contribution in [0.3, 0.4) is 0 Å². The van der Waals surface area contributed by atoms with Gasteiger partial charge in [0.15, 0.2) is 0 Å². The van der Waals surface area contributed by atoms with Gasteiger partial charge in [-0.15, -0.1) is 0 Å². The third-order valence-corrected chi connectivity index (χ3v) is 5.85. The molecule has 106 valence electrons. The zero-order chi connectivity index (χ0) is 14.9. The normalized spacial score (nSPS) is 12.3. The van der Waals surface area contributed by atoms with E-state index in [2.05, 4.69) is 70.6 Å². The van der Waals surface area contributed by atoms with Crippen molar-refractivity contribution in [3.63, 3.8) is 0 Å². The van der Waals surface area contributed by atoms with E-state index < -0.39 is 0 Å². The second-order valence-corrected chi connectivity index (χ2v) is 7.21. The standard InChI is InChI=1S/C16H15BrClIO/c1-9-6-12(7-10(2)16(9)20-3)15(17)11-4-5-14(19)13(18)8-11/h4-8,15H,1-3H3. The lowest BCUT2D eigenvalue weighted by Gasteiger charge is -2.16. The quantitative estimate of drug-likeness (QED) is 0.396. The second-order valence-electron chi connectivity index (χ2n) is 4.72. The van der Waals surface area contributed by atoms with E-state index in [0.717, 1.165) is 31.0 Å². The largest absolute Gasteiger partial charge is 0.496 e. The van der Waals surface area contributed by atoms with Gasteiger partial charge in [-0.2, -0.15) is 0 Å². The van der Waals surface area contributed by atoms with Crippen LogP contribution in [-0.4, -0.2) is 7.11 Å². The van der Waals surface area contributed by atoms with Gasteiger partial charge in [-0.1, -0.05) is 45.7 Å². The van der Waals surface area contributed by atoms with Gasteiger partial charge in [-0.3, -0.25) is 0 Å². The minimum absolute atomic E-state index is 0.125. The number of halogens is 3. The molecule has 1 nitrogen and oxygen atoms in total. The Balaban J connectivity index is 2.42. The summed E-state index contributed by atoms with van der Waals surface area (Å²) in [6, 6.07) is 10.4. The Labute approximate surface area is 146 Å². The van der Waals surface area contributed by atoms with E-state index in [-0.39, 0.29) is 4.83 Å². The van der Waals surface area contributed by atoms with Crippen molar-refractivity contribution >= 4 is 50.1 Å². The lowest BCUT2D eigenvalue weighted by molar-refractivity contribution is 0.408. The van der Waals surface area contributed by atoms with Gasteiger partial charge in [-0.05, 0) is 70.8 Å². The van der Waals surface area contributed by atoms with E-state index in [4.69, 9.17) is 16.3 Å². The number of rotatable bonds is 3. The van der Waals surface area contributed by atoms with Crippen LogP contribution in [0.1, 0.15) is 27.1 Å². The first-order valence-electron chi connectivity index (χ1n) is 6.18. The van der Waals surface area contributed by atoms with Crippen molar-refractivity contribution in [2.75, 3.05) is 7.11 Å². The Morgan fingerprint density at radius 2 is 1.70 bits per heavy atom. The van der Waals surface area contributed by atoms with E-state index in [0.29, 0.717) is 0 Å². The lowest BCUT2D eigenvalue weighted by atomic mass is 9.99. The van der Waals surface area contributed by atoms with Gasteiger partial charge in [0, 0.05) is 3.57 Å². The van der Waals surface area contributed by atoms with Crippen molar-refractivity contribution in [2.24, 2.45) is 0 Å². The smallest absolute Gasteiger partial charge is 0.124 e. The average molecular weight is 466 g/mol. The Bertz CT molecular complexity index is 619. The van der Waals surface area contributed by atoms with Crippen LogP contribution in [0.25, 0.3) is 0 Å². The Kier molecular flexibility index (Phi) is 5.37. The van der Waals surface area contributed by atoms with E-state index >= 15 is 0 Å². The molecule has 0 N–H and O–H groups in total. The fraction of sp³-hybridized carbons (Fsp3) is 0.250. The van der Waals surface area contributed by atoms with Crippen LogP contribution < -0.4 is 4.74 Å². The fourth-order valence-electron chi connectivity index (χ4n) is 2.31. The summed E-state index contributed by atoms with van der Waals surface area (Å²) in [5.41, 5.74) is 4.64. The Morgan fingerprint density at radius 1 is 1.10 bits per heavy atom. The predicted molar refractivity (Wildman–Crippen MR) is 97.4 cm³/mol. The molecule has 1 unspecified atom stereocenters. The van der Waals surface area contributed by atoms with Crippen molar-refractivity contribution in [2.45, 2.75) is 18.7 Å². The molecule has 0 heterocycles. The molecule has 0 aliphatic carbocycles. The molecule has 2 aromatic rings. The number of benzene rings is 2. The molecule has 1 atom stereocenters. The van der Waals surface area contributed by atoms with Crippen molar-refractivity contribution < 1.29 is 4.74 Å². The van der Waals surface area contributed by atoms with Crippen molar-refractivity contribution in [3.8, 4) is 5.75 Å². The molecule has 0 aliphatic rings. The molecule has 4 heteroatoms. The molecule has 0 saturated carbocycles. The highest BCUT2D eigenvalue weighted by molar-refractivity contribution is 14.1. The molecule has 2 rings (SSSR count). The molecular weight excluding hydrogens is 450 g/mol. The first kappa shape index (κ1) is 16.1. The Morgan fingerprint density at radius 3 is 2.20 bits per heavy atom. The molecule has 0 fully saturated rings. The molecule has 0 radical (unpaired) electrons. The first-order chi connectivity index (χ1) is 9.43. The topological polar surface area (TPSA) is 9.23 Å². The molecular formula is C16H15BrClIO. The maximum absolute atomic E-state index is 6.21. The summed E-state index contributed by atoms with van der Waals surface area (Å²) in [4.78, 5) is 0.125. The van der Waals surface area contributed by atoms with Gasteiger partial charge in [0.1, 0.15) is 5.75 Å². The van der Waals surface area contributed by atoms with Gasteiger partial charge in [-0.25, -0.2) is 0 Å². The molecule has 0 aliphatic heterocycles. The average Bonchev–Trinajstić information content (AvgIpc) is 2.40. The SMILES string of the molecule is COc1c(C)cc(C(Br)c2ccc(I)c(Cl)c2)cc1C. The summed E-state index contributed by atoms with van der Waals surface area (Å²) in [7, 11) is 1.71. The van der Waals surface area contributed by atoms with Crippen LogP contribution in [0, 0.1) is 17.4 Å². The fourth-order valence-corrected chi connectivity index (χ4v) is 3.39. The van der Waals surface area contributed by atoms with E-state index in [9.17, 15) is 0 Å². The first-order valence-corrected chi connectivity index (χ1v) is 8.55. The van der Waals surface area contributed by atoms with Gasteiger partial charge < -0.3 is 4.74 Å². The Hall–Kier alpha value is -0.260. The highest BCUT2D eigenvalue weighted by Gasteiger charge is 2.14. The molecule has 2 aromatic carbocycles. The zero-order valence-electron chi connectivity index (χ0n) is 11.5. The maximum Gasteiger partial charge on any atom is 0.124 e. The van der Waals surface area contributed by atoms with Crippen LogP contribution in [0.4, 0.5) is 0 Å². The minimum Gasteiger partial charge on any atom is -0.496 e. The van der Waals surface area contributed by atoms with Crippen molar-refractivity contribution in [3.05, 3.63) is 61.2 Å². The third kappa shape index (κ3) is 3.31. The van der Waals surface area contributed by atoms with Crippen LogP contribution >= 0.6 is 50.1 Å².